The van der Waals surface area contributed by atoms with Gasteiger partial charge in [0.05, 0.1) is 30.1 Å². The molecule has 0 saturated heterocycles. The number of amides is 2. The van der Waals surface area contributed by atoms with Crippen LogP contribution in [-0.4, -0.2) is 47.7 Å². The number of ether oxygens (including phenoxy) is 2. The summed E-state index contributed by atoms with van der Waals surface area (Å²) in [6.45, 7) is 1.72. The van der Waals surface area contributed by atoms with Gasteiger partial charge in [0.25, 0.3) is 5.91 Å². The van der Waals surface area contributed by atoms with Crippen LogP contribution in [0.25, 0.3) is 0 Å². The molecule has 4 bridgehead atoms. The highest BCUT2D eigenvalue weighted by Crippen LogP contribution is 2.57. The van der Waals surface area contributed by atoms with Crippen LogP contribution in [0.2, 0.25) is 0 Å². The Bertz CT molecular complexity index is 1140. The minimum absolute atomic E-state index is 0.00835. The summed E-state index contributed by atoms with van der Waals surface area (Å²) in [5, 5.41) is 15.9. The smallest absolute Gasteiger partial charge is 0.309 e. The number of fused-ring (bicyclic) bond motifs is 2. The number of aliphatic carboxylic acids is 1. The van der Waals surface area contributed by atoms with E-state index in [4.69, 9.17) is 9.47 Å². The van der Waals surface area contributed by atoms with Gasteiger partial charge in [0, 0.05) is 17.6 Å². The second kappa shape index (κ2) is 9.12. The number of hydrogen-bond acceptors (Lipinski definition) is 5. The number of nitrogens with one attached hydrogen (secondary N) is 2. The van der Waals surface area contributed by atoms with E-state index < -0.39 is 23.1 Å². The number of carbonyl (C=O) groups is 3. The third kappa shape index (κ3) is 4.22. The number of hydrogen-bond donors (Lipinski definition) is 3. The van der Waals surface area contributed by atoms with Crippen LogP contribution in [0.5, 0.6) is 11.5 Å². The van der Waals surface area contributed by atoms with E-state index in [2.05, 4.69) is 10.6 Å². The summed E-state index contributed by atoms with van der Waals surface area (Å²) in [4.78, 5) is 38.4. The van der Waals surface area contributed by atoms with Crippen molar-refractivity contribution in [3.8, 4) is 11.5 Å². The van der Waals surface area contributed by atoms with Gasteiger partial charge in [-0.25, -0.2) is 4.39 Å². The highest BCUT2D eigenvalue weighted by Gasteiger charge is 2.59. The number of rotatable bonds is 8. The molecule has 1 aromatic rings. The Balaban J connectivity index is 1.16. The Hall–Kier alpha value is -2.84. The summed E-state index contributed by atoms with van der Waals surface area (Å²) < 4.78 is 26.2. The first-order valence-corrected chi connectivity index (χ1v) is 14.0. The number of benzene rings is 1. The first-order chi connectivity index (χ1) is 18.1. The van der Waals surface area contributed by atoms with E-state index in [0.717, 1.165) is 50.5 Å². The maximum absolute atomic E-state index is 14.9. The van der Waals surface area contributed by atoms with E-state index in [9.17, 15) is 23.9 Å². The lowest BCUT2D eigenvalue weighted by Gasteiger charge is -2.62. The van der Waals surface area contributed by atoms with Crippen LogP contribution in [0, 0.1) is 34.9 Å². The molecule has 6 aliphatic rings. The molecule has 0 spiro atoms. The Kier molecular flexibility index (Phi) is 6.11. The minimum Gasteiger partial charge on any atom is -0.496 e. The Morgan fingerprint density at radius 1 is 1.03 bits per heavy atom. The quantitative estimate of drug-likeness (QED) is 0.469. The average molecular weight is 529 g/mol. The lowest BCUT2D eigenvalue weighted by Crippen LogP contribution is -2.69. The molecule has 8 nitrogen and oxygen atoms in total. The maximum Gasteiger partial charge on any atom is 0.309 e. The molecule has 206 valence electrons. The summed E-state index contributed by atoms with van der Waals surface area (Å²) in [7, 11) is 1.39. The second-order valence-electron chi connectivity index (χ2n) is 12.8. The summed E-state index contributed by atoms with van der Waals surface area (Å²) in [5.41, 5.74) is -0.645. The van der Waals surface area contributed by atoms with Crippen molar-refractivity contribution in [1.82, 2.24) is 10.6 Å². The summed E-state index contributed by atoms with van der Waals surface area (Å²) in [6, 6.07) is 2.26. The summed E-state index contributed by atoms with van der Waals surface area (Å²) in [5.74, 6) is -0.726. The summed E-state index contributed by atoms with van der Waals surface area (Å²) >= 11 is 0. The number of carbonyl (C=O) groups excluding carboxylic acids is 2. The fourth-order valence-electron chi connectivity index (χ4n) is 7.79. The molecule has 4 unspecified atom stereocenters. The normalized spacial score (nSPS) is 38.5. The van der Waals surface area contributed by atoms with E-state index in [0.29, 0.717) is 25.7 Å². The lowest BCUT2D eigenvalue weighted by atomic mass is 9.50. The standard InChI is InChI=1S/C29H37FN2O6/c1-28(27(35)36)7-5-18(6-8-28)38-22-10-19(21(37-2)11-20(22)30)25(33)31-24-17-4-3-16(9-17)23(24)26(34)32-29-12-15(13-29)14-29/h10-11,15-18,23-24H,3-9,12-14H2,1-2H3,(H,31,33)(H,32,34)(H,35,36). The molecule has 1 aromatic carbocycles. The molecule has 6 fully saturated rings. The van der Waals surface area contributed by atoms with E-state index in [1.165, 1.54) is 13.2 Å². The van der Waals surface area contributed by atoms with Gasteiger partial charge in [-0.2, -0.15) is 0 Å². The van der Waals surface area contributed by atoms with Crippen LogP contribution in [0.1, 0.15) is 81.5 Å². The first-order valence-electron chi connectivity index (χ1n) is 14.0. The van der Waals surface area contributed by atoms with Crippen LogP contribution < -0.4 is 20.1 Å². The fourth-order valence-corrected chi connectivity index (χ4v) is 7.79. The van der Waals surface area contributed by atoms with Gasteiger partial charge < -0.3 is 25.2 Å². The molecule has 0 radical (unpaired) electrons. The van der Waals surface area contributed by atoms with Crippen molar-refractivity contribution < 1.29 is 33.4 Å². The largest absolute Gasteiger partial charge is 0.496 e. The Morgan fingerprint density at radius 3 is 2.32 bits per heavy atom. The van der Waals surface area contributed by atoms with Gasteiger partial charge >= 0.3 is 5.97 Å². The van der Waals surface area contributed by atoms with Crippen molar-refractivity contribution >= 4 is 17.8 Å². The van der Waals surface area contributed by atoms with Gasteiger partial charge in [-0.05, 0) is 95.0 Å². The topological polar surface area (TPSA) is 114 Å². The predicted octanol–water partition coefficient (Wildman–Crippen LogP) is 4.06. The van der Waals surface area contributed by atoms with Crippen LogP contribution >= 0.6 is 0 Å². The van der Waals surface area contributed by atoms with Crippen molar-refractivity contribution in [2.24, 2.45) is 29.1 Å². The summed E-state index contributed by atoms with van der Waals surface area (Å²) in [6.07, 6.45) is 7.65. The molecule has 0 aromatic heterocycles. The lowest BCUT2D eigenvalue weighted by molar-refractivity contribution is -0.150. The van der Waals surface area contributed by atoms with E-state index in [-0.39, 0.29) is 58.4 Å². The van der Waals surface area contributed by atoms with E-state index >= 15 is 0 Å². The molecular formula is C29H37FN2O6. The van der Waals surface area contributed by atoms with Crippen molar-refractivity contribution in [1.29, 1.82) is 0 Å². The third-order valence-corrected chi connectivity index (χ3v) is 10.3. The maximum atomic E-state index is 14.9. The van der Waals surface area contributed by atoms with Crippen LogP contribution in [0.4, 0.5) is 4.39 Å². The monoisotopic (exact) mass is 528 g/mol. The van der Waals surface area contributed by atoms with E-state index in [1.54, 1.807) is 6.92 Å². The van der Waals surface area contributed by atoms with E-state index in [1.807, 2.05) is 0 Å². The molecule has 4 atom stereocenters. The number of carboxylic acids is 1. The molecule has 38 heavy (non-hydrogen) atoms. The highest BCUT2D eigenvalue weighted by molar-refractivity contribution is 5.98. The number of carboxylic acid groups (broad SMARTS) is 1. The average Bonchev–Trinajstić information content (AvgIpc) is 3.44. The molecular weight excluding hydrogens is 491 g/mol. The SMILES string of the molecule is COc1cc(F)c(OC2CCC(C)(C(=O)O)CC2)cc1C(=O)NC1C2CCC(C2)C1C(=O)NC12CC(C1)C2. The van der Waals surface area contributed by atoms with Gasteiger partial charge in [-0.15, -0.1) is 0 Å². The van der Waals surface area contributed by atoms with Gasteiger partial charge in [-0.3, -0.25) is 14.4 Å². The predicted molar refractivity (Wildman–Crippen MR) is 135 cm³/mol. The second-order valence-corrected chi connectivity index (χ2v) is 12.8. The Labute approximate surface area is 222 Å². The molecule has 6 saturated carbocycles. The zero-order valence-electron chi connectivity index (χ0n) is 22.1. The molecule has 7 rings (SSSR count). The molecule has 9 heteroatoms. The van der Waals surface area contributed by atoms with Crippen LogP contribution in [0.3, 0.4) is 0 Å². The van der Waals surface area contributed by atoms with Gasteiger partial charge in [0.2, 0.25) is 5.91 Å². The van der Waals surface area contributed by atoms with Crippen LogP contribution in [-0.2, 0) is 9.59 Å². The Morgan fingerprint density at radius 2 is 1.71 bits per heavy atom. The molecule has 0 aliphatic heterocycles. The zero-order valence-corrected chi connectivity index (χ0v) is 22.1. The van der Waals surface area contributed by atoms with Crippen molar-refractivity contribution in [2.45, 2.75) is 88.8 Å². The fraction of sp³-hybridized carbons (Fsp3) is 0.690. The molecule has 2 amide bonds. The van der Waals surface area contributed by atoms with Gasteiger partial charge in [0.1, 0.15) is 5.75 Å². The third-order valence-electron chi connectivity index (χ3n) is 10.3. The highest BCUT2D eigenvalue weighted by atomic mass is 19.1. The van der Waals surface area contributed by atoms with Crippen LogP contribution in [0.15, 0.2) is 12.1 Å². The zero-order chi connectivity index (χ0) is 26.8. The molecule has 0 heterocycles. The molecule has 3 N–H and O–H groups in total. The number of methoxy groups -OCH3 is 1. The van der Waals surface area contributed by atoms with Crippen molar-refractivity contribution in [3.63, 3.8) is 0 Å². The first kappa shape index (κ1) is 25.4. The van der Waals surface area contributed by atoms with Gasteiger partial charge in [-0.1, -0.05) is 0 Å². The van der Waals surface area contributed by atoms with Crippen molar-refractivity contribution in [3.05, 3.63) is 23.5 Å². The molecule has 6 aliphatic carbocycles. The van der Waals surface area contributed by atoms with Crippen molar-refractivity contribution in [2.75, 3.05) is 7.11 Å². The minimum atomic E-state index is -0.831. The number of halogens is 1. The van der Waals surface area contributed by atoms with Gasteiger partial charge in [0.15, 0.2) is 11.6 Å².